The van der Waals surface area contributed by atoms with Gasteiger partial charge in [0, 0.05) is 30.2 Å². The Kier molecular flexibility index (Phi) is 9.53. The lowest BCUT2D eigenvalue weighted by atomic mass is 10.1. The van der Waals surface area contributed by atoms with E-state index in [-0.39, 0.29) is 24.4 Å². The highest BCUT2D eigenvalue weighted by Gasteiger charge is 2.21. The zero-order chi connectivity index (χ0) is 22.9. The molecule has 1 unspecified atom stereocenters. The van der Waals surface area contributed by atoms with Crippen LogP contribution in [-0.2, 0) is 25.5 Å². The van der Waals surface area contributed by atoms with Crippen LogP contribution in [0.15, 0.2) is 47.4 Å². The molecular formula is C23H26Cl2N2O4S. The van der Waals surface area contributed by atoms with Crippen LogP contribution < -0.4 is 10.2 Å². The first-order valence-electron chi connectivity index (χ1n) is 10.4. The van der Waals surface area contributed by atoms with Crippen molar-refractivity contribution in [2.75, 3.05) is 43.5 Å². The molecule has 1 atom stereocenters. The maximum Gasteiger partial charge on any atom is 0.310 e. The van der Waals surface area contributed by atoms with E-state index in [1.807, 2.05) is 36.4 Å². The number of hydrogen-bond acceptors (Lipinski definition) is 6. The van der Waals surface area contributed by atoms with Crippen molar-refractivity contribution in [1.82, 2.24) is 5.32 Å². The summed E-state index contributed by atoms with van der Waals surface area (Å²) >= 11 is 13.6. The number of benzene rings is 2. The summed E-state index contributed by atoms with van der Waals surface area (Å²) in [4.78, 5) is 27.0. The van der Waals surface area contributed by atoms with Gasteiger partial charge >= 0.3 is 5.97 Å². The number of rotatable bonds is 9. The number of amides is 1. The van der Waals surface area contributed by atoms with Crippen LogP contribution in [0.2, 0.25) is 10.0 Å². The third-order valence-electron chi connectivity index (χ3n) is 4.88. The monoisotopic (exact) mass is 496 g/mol. The van der Waals surface area contributed by atoms with Crippen LogP contribution >= 0.6 is 35.0 Å². The van der Waals surface area contributed by atoms with E-state index in [0.717, 1.165) is 22.7 Å². The molecule has 1 N–H and O–H groups in total. The number of ether oxygens (including phenoxy) is 2. The van der Waals surface area contributed by atoms with Gasteiger partial charge in [-0.25, -0.2) is 0 Å². The average molecular weight is 497 g/mol. The third kappa shape index (κ3) is 7.59. The molecule has 0 aliphatic carbocycles. The molecule has 1 fully saturated rings. The summed E-state index contributed by atoms with van der Waals surface area (Å²) in [5.74, 6) is 0.0104. The minimum Gasteiger partial charge on any atom is -0.466 e. The molecule has 0 spiro atoms. The summed E-state index contributed by atoms with van der Waals surface area (Å²) in [6.45, 7) is 4.59. The van der Waals surface area contributed by atoms with E-state index in [9.17, 15) is 9.59 Å². The van der Waals surface area contributed by atoms with Crippen molar-refractivity contribution in [2.45, 2.75) is 24.3 Å². The van der Waals surface area contributed by atoms with Crippen molar-refractivity contribution < 1.29 is 19.1 Å². The second kappa shape index (κ2) is 12.3. The molecule has 9 heteroatoms. The molecule has 1 heterocycles. The minimum absolute atomic E-state index is 0.0548. The SMILES string of the molecule is CCOC(=O)Cc1ccc(SCC(=O)NCC2CN(c3ccc(Cl)c(Cl)c3)CCO2)cc1. The summed E-state index contributed by atoms with van der Waals surface area (Å²) in [6, 6.07) is 13.1. The van der Waals surface area contributed by atoms with Crippen LogP contribution in [-0.4, -0.2) is 56.6 Å². The van der Waals surface area contributed by atoms with E-state index in [0.29, 0.717) is 42.1 Å². The molecular weight excluding hydrogens is 471 g/mol. The first kappa shape index (κ1) is 24.7. The Morgan fingerprint density at radius 2 is 1.97 bits per heavy atom. The van der Waals surface area contributed by atoms with Gasteiger partial charge in [0.15, 0.2) is 0 Å². The van der Waals surface area contributed by atoms with Crippen LogP contribution in [0.25, 0.3) is 0 Å². The normalized spacial score (nSPS) is 16.0. The Bertz CT molecular complexity index is 927. The zero-order valence-electron chi connectivity index (χ0n) is 17.8. The molecule has 2 aromatic carbocycles. The second-order valence-corrected chi connectivity index (χ2v) is 9.12. The number of anilines is 1. The average Bonchev–Trinajstić information content (AvgIpc) is 2.79. The van der Waals surface area contributed by atoms with Crippen molar-refractivity contribution in [1.29, 1.82) is 0 Å². The van der Waals surface area contributed by atoms with Gasteiger partial charge in [0.2, 0.25) is 5.91 Å². The summed E-state index contributed by atoms with van der Waals surface area (Å²) in [5.41, 5.74) is 1.87. The fourth-order valence-corrected chi connectivity index (χ4v) is 4.29. The number of esters is 1. The molecule has 0 aromatic heterocycles. The Morgan fingerprint density at radius 3 is 2.69 bits per heavy atom. The first-order chi connectivity index (χ1) is 15.4. The lowest BCUT2D eigenvalue weighted by Gasteiger charge is -2.34. The molecule has 172 valence electrons. The van der Waals surface area contributed by atoms with Gasteiger partial charge in [-0.3, -0.25) is 9.59 Å². The Labute approximate surface area is 202 Å². The van der Waals surface area contributed by atoms with Crippen molar-refractivity contribution >= 4 is 52.5 Å². The molecule has 1 amide bonds. The molecule has 0 bridgehead atoms. The quantitative estimate of drug-likeness (QED) is 0.414. The summed E-state index contributed by atoms with van der Waals surface area (Å²) in [6.07, 6.45) is 0.147. The molecule has 1 aliphatic rings. The molecule has 32 heavy (non-hydrogen) atoms. The topological polar surface area (TPSA) is 67.9 Å². The first-order valence-corrected chi connectivity index (χ1v) is 12.1. The lowest BCUT2D eigenvalue weighted by Crippen LogP contribution is -2.47. The number of nitrogens with one attached hydrogen (secondary N) is 1. The Balaban J connectivity index is 1.40. The zero-order valence-corrected chi connectivity index (χ0v) is 20.1. The van der Waals surface area contributed by atoms with Crippen molar-refractivity contribution in [3.05, 3.63) is 58.1 Å². The van der Waals surface area contributed by atoms with E-state index < -0.39 is 0 Å². The molecule has 1 saturated heterocycles. The van der Waals surface area contributed by atoms with Crippen molar-refractivity contribution in [3.8, 4) is 0 Å². The van der Waals surface area contributed by atoms with Gasteiger partial charge in [-0.2, -0.15) is 0 Å². The van der Waals surface area contributed by atoms with E-state index in [2.05, 4.69) is 10.2 Å². The fourth-order valence-electron chi connectivity index (χ4n) is 3.27. The predicted octanol–water partition coefficient (Wildman–Crippen LogP) is 4.21. The van der Waals surface area contributed by atoms with E-state index in [1.165, 1.54) is 11.8 Å². The summed E-state index contributed by atoms with van der Waals surface area (Å²) in [7, 11) is 0. The molecule has 6 nitrogen and oxygen atoms in total. The number of thioether (sulfide) groups is 1. The highest BCUT2D eigenvalue weighted by Crippen LogP contribution is 2.28. The van der Waals surface area contributed by atoms with E-state index in [4.69, 9.17) is 32.7 Å². The van der Waals surface area contributed by atoms with Crippen LogP contribution in [0.1, 0.15) is 12.5 Å². The number of hydrogen-bond donors (Lipinski definition) is 1. The van der Waals surface area contributed by atoms with Gasteiger partial charge in [0.1, 0.15) is 0 Å². The maximum atomic E-state index is 12.3. The Hall–Kier alpha value is -1.93. The summed E-state index contributed by atoms with van der Waals surface area (Å²) < 4.78 is 10.8. The highest BCUT2D eigenvalue weighted by atomic mass is 35.5. The predicted molar refractivity (Wildman–Crippen MR) is 129 cm³/mol. The van der Waals surface area contributed by atoms with Crippen molar-refractivity contribution in [3.63, 3.8) is 0 Å². The molecule has 3 rings (SSSR count). The molecule has 2 aromatic rings. The van der Waals surface area contributed by atoms with Gasteiger partial charge in [-0.15, -0.1) is 11.8 Å². The lowest BCUT2D eigenvalue weighted by molar-refractivity contribution is -0.142. The van der Waals surface area contributed by atoms with Crippen LogP contribution in [0, 0.1) is 0 Å². The number of carbonyl (C=O) groups is 2. The highest BCUT2D eigenvalue weighted by molar-refractivity contribution is 8.00. The number of morpholine rings is 1. The van der Waals surface area contributed by atoms with Gasteiger partial charge in [-0.05, 0) is 42.8 Å². The standard InChI is InChI=1S/C23H26Cl2N2O4S/c1-2-30-23(29)11-16-3-6-19(7-4-16)32-15-22(28)26-13-18-14-27(9-10-31-18)17-5-8-20(24)21(25)12-17/h3-8,12,18H,2,9-11,13-15H2,1H3,(H,26,28). The third-order valence-corrected chi connectivity index (χ3v) is 6.63. The number of nitrogens with zero attached hydrogens (tertiary/aromatic N) is 1. The van der Waals surface area contributed by atoms with Gasteiger partial charge < -0.3 is 19.7 Å². The number of carbonyl (C=O) groups excluding carboxylic acids is 2. The summed E-state index contributed by atoms with van der Waals surface area (Å²) in [5, 5.41) is 3.99. The maximum absolute atomic E-state index is 12.3. The van der Waals surface area contributed by atoms with Crippen LogP contribution in [0.3, 0.4) is 0 Å². The van der Waals surface area contributed by atoms with E-state index >= 15 is 0 Å². The van der Waals surface area contributed by atoms with Gasteiger partial charge in [0.05, 0.1) is 41.5 Å². The van der Waals surface area contributed by atoms with Gasteiger partial charge in [-0.1, -0.05) is 35.3 Å². The van der Waals surface area contributed by atoms with E-state index in [1.54, 1.807) is 13.0 Å². The van der Waals surface area contributed by atoms with Gasteiger partial charge in [0.25, 0.3) is 0 Å². The number of halogens is 2. The second-order valence-electron chi connectivity index (χ2n) is 7.26. The molecule has 0 saturated carbocycles. The van der Waals surface area contributed by atoms with Crippen molar-refractivity contribution in [2.24, 2.45) is 0 Å². The fraction of sp³-hybridized carbons (Fsp3) is 0.391. The van der Waals surface area contributed by atoms with Crippen LogP contribution in [0.4, 0.5) is 5.69 Å². The Morgan fingerprint density at radius 1 is 1.19 bits per heavy atom. The molecule has 0 radical (unpaired) electrons. The minimum atomic E-state index is -0.241. The largest absolute Gasteiger partial charge is 0.466 e. The van der Waals surface area contributed by atoms with Crippen LogP contribution in [0.5, 0.6) is 0 Å². The smallest absolute Gasteiger partial charge is 0.310 e. The molecule has 1 aliphatic heterocycles.